The number of nitrogens with one attached hydrogen (secondary N) is 1. The quantitative estimate of drug-likeness (QED) is 0.481. The second-order valence-corrected chi connectivity index (χ2v) is 10.5. The van der Waals surface area contributed by atoms with Gasteiger partial charge in [-0.1, -0.05) is 60.7 Å². The number of carbonyl (C=O) groups is 2. The van der Waals surface area contributed by atoms with Crippen molar-refractivity contribution >= 4 is 11.8 Å². The standard InChI is InChI=1S/C32H37FN4O2/c33-28-14-12-27(13-15-28)31(38)37-24-29(22-30(37)32(39)35-19-7-17-34-18-21-35)36(23-26-10-5-2-6-11-26)20-16-25-8-3-1-4-9-25/h1-6,8-15,29-30,34H,7,16-24H2. The fraction of sp³-hybridized carbons (Fsp3) is 0.375. The van der Waals surface area contributed by atoms with Crippen LogP contribution in [0.25, 0.3) is 0 Å². The number of amides is 2. The van der Waals surface area contributed by atoms with E-state index in [9.17, 15) is 14.0 Å². The maximum Gasteiger partial charge on any atom is 0.254 e. The van der Waals surface area contributed by atoms with E-state index in [1.54, 1.807) is 4.90 Å². The molecule has 2 atom stereocenters. The van der Waals surface area contributed by atoms with Crippen LogP contribution in [0.4, 0.5) is 4.39 Å². The molecule has 0 saturated carbocycles. The molecule has 7 heteroatoms. The molecule has 1 N–H and O–H groups in total. The van der Waals surface area contributed by atoms with Gasteiger partial charge in [-0.25, -0.2) is 4.39 Å². The molecule has 0 radical (unpaired) electrons. The first-order valence-corrected chi connectivity index (χ1v) is 14.0. The number of rotatable bonds is 8. The minimum absolute atomic E-state index is 0.0133. The topological polar surface area (TPSA) is 55.9 Å². The van der Waals surface area contributed by atoms with E-state index in [0.29, 0.717) is 31.6 Å². The average Bonchev–Trinajstić information content (AvgIpc) is 3.23. The second kappa shape index (κ2) is 13.0. The van der Waals surface area contributed by atoms with Crippen LogP contribution in [0.5, 0.6) is 0 Å². The van der Waals surface area contributed by atoms with Gasteiger partial charge in [-0.15, -0.1) is 0 Å². The maximum absolute atomic E-state index is 13.9. The van der Waals surface area contributed by atoms with Crippen molar-refractivity contribution in [2.24, 2.45) is 0 Å². The van der Waals surface area contributed by atoms with Crippen molar-refractivity contribution in [3.63, 3.8) is 0 Å². The summed E-state index contributed by atoms with van der Waals surface area (Å²) < 4.78 is 13.6. The van der Waals surface area contributed by atoms with Crippen LogP contribution in [0.3, 0.4) is 0 Å². The van der Waals surface area contributed by atoms with E-state index in [-0.39, 0.29) is 23.7 Å². The van der Waals surface area contributed by atoms with Crippen molar-refractivity contribution in [3.05, 3.63) is 107 Å². The third-order valence-corrected chi connectivity index (χ3v) is 7.84. The predicted molar refractivity (Wildman–Crippen MR) is 151 cm³/mol. The van der Waals surface area contributed by atoms with E-state index >= 15 is 0 Å². The van der Waals surface area contributed by atoms with Crippen LogP contribution in [0.2, 0.25) is 0 Å². The summed E-state index contributed by atoms with van der Waals surface area (Å²) in [6.45, 7) is 4.99. The van der Waals surface area contributed by atoms with Gasteiger partial charge < -0.3 is 15.1 Å². The average molecular weight is 529 g/mol. The van der Waals surface area contributed by atoms with Gasteiger partial charge in [0.15, 0.2) is 0 Å². The normalized spacial score (nSPS) is 19.7. The molecule has 3 aromatic carbocycles. The van der Waals surface area contributed by atoms with Crippen molar-refractivity contribution in [3.8, 4) is 0 Å². The zero-order chi connectivity index (χ0) is 27.0. The zero-order valence-corrected chi connectivity index (χ0v) is 22.3. The lowest BCUT2D eigenvalue weighted by atomic mass is 10.1. The van der Waals surface area contributed by atoms with Crippen molar-refractivity contribution in [1.82, 2.24) is 20.0 Å². The Hall–Kier alpha value is -3.55. The van der Waals surface area contributed by atoms with Crippen LogP contribution in [-0.2, 0) is 17.8 Å². The molecule has 5 rings (SSSR count). The molecule has 204 valence electrons. The van der Waals surface area contributed by atoms with Crippen LogP contribution >= 0.6 is 0 Å². The molecule has 2 heterocycles. The van der Waals surface area contributed by atoms with Crippen LogP contribution in [0, 0.1) is 5.82 Å². The first-order chi connectivity index (χ1) is 19.1. The fourth-order valence-electron chi connectivity index (χ4n) is 5.70. The summed E-state index contributed by atoms with van der Waals surface area (Å²) in [4.78, 5) is 33.7. The van der Waals surface area contributed by atoms with Crippen molar-refractivity contribution < 1.29 is 14.0 Å². The molecule has 0 aliphatic carbocycles. The summed E-state index contributed by atoms with van der Waals surface area (Å²) in [5, 5.41) is 3.36. The summed E-state index contributed by atoms with van der Waals surface area (Å²) in [6.07, 6.45) is 2.36. The Kier molecular flexibility index (Phi) is 9.01. The first-order valence-electron chi connectivity index (χ1n) is 14.0. The second-order valence-electron chi connectivity index (χ2n) is 10.5. The Bertz CT molecular complexity index is 1210. The number of likely N-dealkylation sites (tertiary alicyclic amines) is 1. The molecule has 39 heavy (non-hydrogen) atoms. The lowest BCUT2D eigenvalue weighted by Crippen LogP contribution is -2.48. The van der Waals surface area contributed by atoms with Gasteiger partial charge in [-0.05, 0) is 61.2 Å². The molecule has 2 fully saturated rings. The lowest BCUT2D eigenvalue weighted by molar-refractivity contribution is -0.135. The molecule has 0 spiro atoms. The highest BCUT2D eigenvalue weighted by Gasteiger charge is 2.43. The first kappa shape index (κ1) is 27.0. The number of nitrogens with zero attached hydrogens (tertiary/aromatic N) is 3. The van der Waals surface area contributed by atoms with Crippen LogP contribution in [0.1, 0.15) is 34.3 Å². The summed E-state index contributed by atoms with van der Waals surface area (Å²) in [6, 6.07) is 25.9. The molecular formula is C32H37FN4O2. The highest BCUT2D eigenvalue weighted by atomic mass is 19.1. The molecule has 2 aliphatic heterocycles. The smallest absolute Gasteiger partial charge is 0.254 e. The largest absolute Gasteiger partial charge is 0.340 e. The maximum atomic E-state index is 13.9. The third-order valence-electron chi connectivity index (χ3n) is 7.84. The minimum atomic E-state index is -0.541. The van der Waals surface area contributed by atoms with E-state index in [2.05, 4.69) is 46.6 Å². The summed E-state index contributed by atoms with van der Waals surface area (Å²) in [5.74, 6) is -0.587. The van der Waals surface area contributed by atoms with Crippen molar-refractivity contribution in [1.29, 1.82) is 0 Å². The Balaban J connectivity index is 1.41. The zero-order valence-electron chi connectivity index (χ0n) is 22.3. The van der Waals surface area contributed by atoms with Crippen molar-refractivity contribution in [2.75, 3.05) is 39.3 Å². The van der Waals surface area contributed by atoms with Gasteiger partial charge in [0.1, 0.15) is 11.9 Å². The van der Waals surface area contributed by atoms with E-state index < -0.39 is 6.04 Å². The SMILES string of the molecule is O=C(C1CC(N(CCc2ccccc2)Cc2ccccc2)CN1C(=O)c1ccc(F)cc1)N1CCCNCC1. The molecule has 6 nitrogen and oxygen atoms in total. The molecule has 2 amide bonds. The monoisotopic (exact) mass is 528 g/mol. The van der Waals surface area contributed by atoms with Gasteiger partial charge in [0, 0.05) is 50.9 Å². The number of halogens is 1. The highest BCUT2D eigenvalue weighted by molar-refractivity contribution is 5.98. The summed E-state index contributed by atoms with van der Waals surface area (Å²) in [5.41, 5.74) is 2.87. The number of hydrogen-bond acceptors (Lipinski definition) is 4. The molecule has 0 bridgehead atoms. The van der Waals surface area contributed by atoms with Gasteiger partial charge in [-0.3, -0.25) is 14.5 Å². The van der Waals surface area contributed by atoms with Gasteiger partial charge in [-0.2, -0.15) is 0 Å². The van der Waals surface area contributed by atoms with E-state index in [1.165, 1.54) is 35.4 Å². The van der Waals surface area contributed by atoms with Gasteiger partial charge in [0.05, 0.1) is 0 Å². The van der Waals surface area contributed by atoms with Crippen LogP contribution in [-0.4, -0.2) is 77.9 Å². The van der Waals surface area contributed by atoms with Crippen LogP contribution in [0.15, 0.2) is 84.9 Å². The molecule has 2 saturated heterocycles. The Morgan fingerprint density at radius 1 is 0.872 bits per heavy atom. The van der Waals surface area contributed by atoms with Gasteiger partial charge >= 0.3 is 0 Å². The molecule has 3 aromatic rings. The third kappa shape index (κ3) is 6.91. The molecule has 2 unspecified atom stereocenters. The van der Waals surface area contributed by atoms with Crippen molar-refractivity contribution in [2.45, 2.75) is 37.9 Å². The predicted octanol–water partition coefficient (Wildman–Crippen LogP) is 3.98. The Labute approximate surface area is 230 Å². The molecule has 2 aliphatic rings. The summed E-state index contributed by atoms with van der Waals surface area (Å²) >= 11 is 0. The van der Waals surface area contributed by atoms with Gasteiger partial charge in [0.25, 0.3) is 5.91 Å². The van der Waals surface area contributed by atoms with Crippen LogP contribution < -0.4 is 5.32 Å². The Morgan fingerprint density at radius 3 is 2.28 bits per heavy atom. The number of benzene rings is 3. The Morgan fingerprint density at radius 2 is 1.56 bits per heavy atom. The van der Waals surface area contributed by atoms with E-state index in [4.69, 9.17) is 0 Å². The van der Waals surface area contributed by atoms with E-state index in [1.807, 2.05) is 29.2 Å². The molecule has 0 aromatic heterocycles. The number of hydrogen-bond donors (Lipinski definition) is 1. The number of carbonyl (C=O) groups excluding carboxylic acids is 2. The molecular weight excluding hydrogens is 491 g/mol. The lowest BCUT2D eigenvalue weighted by Gasteiger charge is -2.29. The minimum Gasteiger partial charge on any atom is -0.340 e. The fourth-order valence-corrected chi connectivity index (χ4v) is 5.70. The van der Waals surface area contributed by atoms with Gasteiger partial charge in [0.2, 0.25) is 5.91 Å². The summed E-state index contributed by atoms with van der Waals surface area (Å²) in [7, 11) is 0. The highest BCUT2D eigenvalue weighted by Crippen LogP contribution is 2.28. The van der Waals surface area contributed by atoms with E-state index in [0.717, 1.165) is 39.0 Å².